The van der Waals surface area contributed by atoms with Crippen LogP contribution in [0.25, 0.3) is 22.4 Å². The molecule has 0 aliphatic carbocycles. The van der Waals surface area contributed by atoms with Crippen LogP contribution in [0.5, 0.6) is 0 Å². The van der Waals surface area contributed by atoms with Gasteiger partial charge in [0.2, 0.25) is 0 Å². The van der Waals surface area contributed by atoms with Crippen LogP contribution in [0.4, 0.5) is 5.69 Å². The standard InChI is InChI=1S/C25H22N2O4/c1-3-17-10-12-18(13-11-17)26-24(28)16(2)31-25(29)20-15-22(23-9-6-14-30-23)27-21-8-5-4-7-19(20)21/h4-16H,3H2,1-2H3,(H,26,28). The highest BCUT2D eigenvalue weighted by Crippen LogP contribution is 2.26. The van der Waals surface area contributed by atoms with E-state index in [-0.39, 0.29) is 0 Å². The summed E-state index contributed by atoms with van der Waals surface area (Å²) in [5.41, 5.74) is 3.30. The van der Waals surface area contributed by atoms with Gasteiger partial charge in [0.05, 0.1) is 17.3 Å². The first-order valence-electron chi connectivity index (χ1n) is 10.1. The summed E-state index contributed by atoms with van der Waals surface area (Å²) in [5.74, 6) is -0.460. The lowest BCUT2D eigenvalue weighted by Crippen LogP contribution is -2.30. The summed E-state index contributed by atoms with van der Waals surface area (Å²) in [7, 11) is 0. The number of para-hydroxylation sites is 1. The molecule has 6 nitrogen and oxygen atoms in total. The summed E-state index contributed by atoms with van der Waals surface area (Å²) >= 11 is 0. The SMILES string of the molecule is CCc1ccc(NC(=O)C(C)OC(=O)c2cc(-c3ccco3)nc3ccccc23)cc1. The Labute approximate surface area is 179 Å². The van der Waals surface area contributed by atoms with Gasteiger partial charge < -0.3 is 14.5 Å². The molecule has 156 valence electrons. The van der Waals surface area contributed by atoms with Gasteiger partial charge in [-0.05, 0) is 55.3 Å². The predicted octanol–water partition coefficient (Wildman–Crippen LogP) is 5.24. The topological polar surface area (TPSA) is 81.4 Å². The molecular weight excluding hydrogens is 392 g/mol. The van der Waals surface area contributed by atoms with E-state index >= 15 is 0 Å². The first-order valence-corrected chi connectivity index (χ1v) is 10.1. The molecule has 0 saturated heterocycles. The number of aryl methyl sites for hydroxylation is 1. The number of furan rings is 1. The minimum absolute atomic E-state index is 0.323. The van der Waals surface area contributed by atoms with E-state index in [1.165, 1.54) is 5.56 Å². The van der Waals surface area contributed by atoms with Gasteiger partial charge in [-0.2, -0.15) is 0 Å². The molecule has 1 atom stereocenters. The Kier molecular flexibility index (Phi) is 5.80. The zero-order chi connectivity index (χ0) is 21.8. The molecule has 4 rings (SSSR count). The van der Waals surface area contributed by atoms with Gasteiger partial charge in [0.25, 0.3) is 5.91 Å². The molecule has 0 bridgehead atoms. The molecule has 1 amide bonds. The number of amides is 1. The third-order valence-corrected chi connectivity index (χ3v) is 4.99. The van der Waals surface area contributed by atoms with Crippen LogP contribution in [0.15, 0.2) is 77.4 Å². The highest BCUT2D eigenvalue weighted by molar-refractivity contribution is 6.05. The molecule has 0 spiro atoms. The smallest absolute Gasteiger partial charge is 0.339 e. The molecular formula is C25H22N2O4. The molecule has 0 radical (unpaired) electrons. The molecule has 0 fully saturated rings. The largest absolute Gasteiger partial charge is 0.463 e. The van der Waals surface area contributed by atoms with Crippen LogP contribution in [-0.4, -0.2) is 23.0 Å². The fraction of sp³-hybridized carbons (Fsp3) is 0.160. The Balaban J connectivity index is 1.55. The fourth-order valence-corrected chi connectivity index (χ4v) is 3.24. The van der Waals surface area contributed by atoms with Crippen molar-refractivity contribution in [2.45, 2.75) is 26.4 Å². The molecule has 6 heteroatoms. The van der Waals surface area contributed by atoms with E-state index in [4.69, 9.17) is 9.15 Å². The summed E-state index contributed by atoms with van der Waals surface area (Å²) in [5, 5.41) is 3.42. The van der Waals surface area contributed by atoms with Crippen molar-refractivity contribution in [1.29, 1.82) is 0 Å². The molecule has 2 aromatic carbocycles. The van der Waals surface area contributed by atoms with Gasteiger partial charge in [-0.25, -0.2) is 9.78 Å². The maximum atomic E-state index is 13.0. The van der Waals surface area contributed by atoms with Gasteiger partial charge >= 0.3 is 5.97 Å². The number of rotatable bonds is 6. The first kappa shape index (κ1) is 20.3. The second-order valence-electron chi connectivity index (χ2n) is 7.14. The van der Waals surface area contributed by atoms with E-state index < -0.39 is 18.0 Å². The van der Waals surface area contributed by atoms with E-state index in [1.54, 1.807) is 37.5 Å². The second kappa shape index (κ2) is 8.83. The number of nitrogens with one attached hydrogen (secondary N) is 1. The Morgan fingerprint density at radius 3 is 2.55 bits per heavy atom. The summed E-state index contributed by atoms with van der Waals surface area (Å²) in [6.45, 7) is 3.61. The van der Waals surface area contributed by atoms with E-state index in [0.717, 1.165) is 6.42 Å². The van der Waals surface area contributed by atoms with Crippen LogP contribution >= 0.6 is 0 Å². The Hall–Kier alpha value is -3.93. The van der Waals surface area contributed by atoms with Crippen molar-refractivity contribution in [2.75, 3.05) is 5.32 Å². The Morgan fingerprint density at radius 2 is 1.84 bits per heavy atom. The number of aromatic nitrogens is 1. The van der Waals surface area contributed by atoms with Crippen LogP contribution in [-0.2, 0) is 16.0 Å². The lowest BCUT2D eigenvalue weighted by molar-refractivity contribution is -0.123. The molecule has 1 unspecified atom stereocenters. The molecule has 2 aromatic heterocycles. The number of esters is 1. The number of ether oxygens (including phenoxy) is 1. The van der Waals surface area contributed by atoms with Gasteiger partial charge in [-0.15, -0.1) is 0 Å². The number of nitrogens with zero attached hydrogens (tertiary/aromatic N) is 1. The number of carbonyl (C=O) groups excluding carboxylic acids is 2. The second-order valence-corrected chi connectivity index (χ2v) is 7.14. The van der Waals surface area contributed by atoms with Gasteiger partial charge in [-0.1, -0.05) is 37.3 Å². The van der Waals surface area contributed by atoms with Crippen LogP contribution < -0.4 is 5.32 Å². The third-order valence-electron chi connectivity index (χ3n) is 4.99. The van der Waals surface area contributed by atoms with Crippen LogP contribution in [0.2, 0.25) is 0 Å². The minimum atomic E-state index is -0.975. The normalized spacial score (nSPS) is 11.8. The monoisotopic (exact) mass is 414 g/mol. The van der Waals surface area contributed by atoms with Gasteiger partial charge in [0, 0.05) is 11.1 Å². The summed E-state index contributed by atoms with van der Waals surface area (Å²) < 4.78 is 10.9. The third kappa shape index (κ3) is 4.48. The van der Waals surface area contributed by atoms with Crippen molar-refractivity contribution in [3.63, 3.8) is 0 Å². The highest BCUT2D eigenvalue weighted by atomic mass is 16.5. The van der Waals surface area contributed by atoms with Crippen molar-refractivity contribution in [2.24, 2.45) is 0 Å². The predicted molar refractivity (Wildman–Crippen MR) is 119 cm³/mol. The summed E-state index contributed by atoms with van der Waals surface area (Å²) in [6, 6.07) is 20.0. The van der Waals surface area contributed by atoms with Crippen molar-refractivity contribution >= 4 is 28.5 Å². The minimum Gasteiger partial charge on any atom is -0.463 e. The number of hydrogen-bond donors (Lipinski definition) is 1. The highest BCUT2D eigenvalue weighted by Gasteiger charge is 2.22. The van der Waals surface area contributed by atoms with Gasteiger partial charge in [-0.3, -0.25) is 4.79 Å². The molecule has 31 heavy (non-hydrogen) atoms. The average Bonchev–Trinajstić information content (AvgIpc) is 3.33. The zero-order valence-electron chi connectivity index (χ0n) is 17.3. The van der Waals surface area contributed by atoms with Crippen LogP contribution in [0, 0.1) is 0 Å². The maximum absolute atomic E-state index is 13.0. The Bertz CT molecular complexity index is 1210. The molecule has 1 N–H and O–H groups in total. The van der Waals surface area contributed by atoms with E-state index in [0.29, 0.717) is 33.6 Å². The average molecular weight is 414 g/mol. The number of pyridine rings is 1. The lowest BCUT2D eigenvalue weighted by atomic mass is 10.1. The lowest BCUT2D eigenvalue weighted by Gasteiger charge is -2.15. The number of fused-ring (bicyclic) bond motifs is 1. The maximum Gasteiger partial charge on any atom is 0.339 e. The summed E-state index contributed by atoms with van der Waals surface area (Å²) in [6.07, 6.45) is 1.49. The van der Waals surface area contributed by atoms with Crippen molar-refractivity contribution in [1.82, 2.24) is 4.98 Å². The van der Waals surface area contributed by atoms with Crippen LogP contribution in [0.3, 0.4) is 0 Å². The summed E-state index contributed by atoms with van der Waals surface area (Å²) in [4.78, 5) is 30.1. The van der Waals surface area contributed by atoms with Crippen molar-refractivity contribution < 1.29 is 18.7 Å². The number of carbonyl (C=O) groups is 2. The number of hydrogen-bond acceptors (Lipinski definition) is 5. The van der Waals surface area contributed by atoms with Crippen molar-refractivity contribution in [3.05, 3.63) is 84.1 Å². The first-order chi connectivity index (χ1) is 15.0. The van der Waals surface area contributed by atoms with E-state index in [1.807, 2.05) is 42.5 Å². The fourth-order valence-electron chi connectivity index (χ4n) is 3.24. The van der Waals surface area contributed by atoms with Gasteiger partial charge in [0.15, 0.2) is 11.9 Å². The number of anilines is 1. The van der Waals surface area contributed by atoms with Gasteiger partial charge in [0.1, 0.15) is 5.69 Å². The quantitative estimate of drug-likeness (QED) is 0.436. The molecule has 2 heterocycles. The zero-order valence-corrected chi connectivity index (χ0v) is 17.3. The molecule has 4 aromatic rings. The molecule has 0 aliphatic rings. The van der Waals surface area contributed by atoms with E-state index in [9.17, 15) is 9.59 Å². The molecule has 0 saturated carbocycles. The molecule has 0 aliphatic heterocycles. The van der Waals surface area contributed by atoms with Crippen LogP contribution in [0.1, 0.15) is 29.8 Å². The number of benzene rings is 2. The Morgan fingerprint density at radius 1 is 1.06 bits per heavy atom. The van der Waals surface area contributed by atoms with E-state index in [2.05, 4.69) is 17.2 Å². The van der Waals surface area contributed by atoms with Crippen molar-refractivity contribution in [3.8, 4) is 11.5 Å².